The molecular weight excluding hydrogens is 267 g/mol. The van der Waals surface area contributed by atoms with E-state index >= 15 is 0 Å². The minimum Gasteiger partial charge on any atom is -0.382 e. The molecule has 0 fully saturated rings. The lowest BCUT2D eigenvalue weighted by atomic mass is 9.90. The fourth-order valence-corrected chi connectivity index (χ4v) is 2.33. The first-order chi connectivity index (χ1) is 9.95. The zero-order valence-corrected chi connectivity index (χ0v) is 12.9. The smallest absolute Gasteiger partial charge is 0.148 e. The van der Waals surface area contributed by atoms with Crippen molar-refractivity contribution in [2.45, 2.75) is 32.6 Å². The summed E-state index contributed by atoms with van der Waals surface area (Å²) >= 11 is 0. The van der Waals surface area contributed by atoms with Gasteiger partial charge in [0.1, 0.15) is 11.5 Å². The van der Waals surface area contributed by atoms with Gasteiger partial charge in [-0.15, -0.1) is 0 Å². The highest BCUT2D eigenvalue weighted by Crippen LogP contribution is 2.32. The first-order valence-corrected chi connectivity index (χ1v) is 7.22. The fourth-order valence-electron chi connectivity index (χ4n) is 2.33. The van der Waals surface area contributed by atoms with Gasteiger partial charge in [-0.3, -0.25) is 0 Å². The quantitative estimate of drug-likeness (QED) is 0.832. The molecule has 1 aromatic carbocycles. The van der Waals surface area contributed by atoms with Crippen molar-refractivity contribution in [1.82, 2.24) is 9.78 Å². The van der Waals surface area contributed by atoms with E-state index in [-0.39, 0.29) is 11.2 Å². The van der Waals surface area contributed by atoms with Crippen molar-refractivity contribution in [3.63, 3.8) is 0 Å². The molecule has 0 spiro atoms. The summed E-state index contributed by atoms with van der Waals surface area (Å²) in [6.07, 6.45) is 2.64. The Kier molecular flexibility index (Phi) is 4.63. The number of nitrogens with one attached hydrogen (secondary N) is 1. The van der Waals surface area contributed by atoms with Crippen molar-refractivity contribution in [3.8, 4) is 5.69 Å². The average molecular weight is 290 g/mol. The van der Waals surface area contributed by atoms with Crippen LogP contribution < -0.4 is 11.1 Å². The van der Waals surface area contributed by atoms with Gasteiger partial charge in [0.05, 0.1) is 17.6 Å². The second-order valence-electron chi connectivity index (χ2n) is 6.09. The molecule has 0 aliphatic carbocycles. The van der Waals surface area contributed by atoms with E-state index in [1.165, 1.54) is 6.07 Å². The molecule has 0 aliphatic rings. The lowest BCUT2D eigenvalue weighted by Crippen LogP contribution is -2.20. The molecule has 2 aromatic rings. The molecule has 0 amide bonds. The SMILES string of the molecule is CC(C)(C)c1c(NCCCN)cnn1-c1ccccc1F. The van der Waals surface area contributed by atoms with Crippen LogP contribution in [0.1, 0.15) is 32.9 Å². The minimum absolute atomic E-state index is 0.163. The molecule has 2 rings (SSSR count). The second-order valence-corrected chi connectivity index (χ2v) is 6.09. The summed E-state index contributed by atoms with van der Waals surface area (Å²) in [5.41, 5.74) is 7.72. The molecule has 0 atom stereocenters. The van der Waals surface area contributed by atoms with E-state index in [1.807, 2.05) is 6.07 Å². The van der Waals surface area contributed by atoms with E-state index in [0.717, 1.165) is 24.3 Å². The topological polar surface area (TPSA) is 55.9 Å². The Labute approximate surface area is 125 Å². The van der Waals surface area contributed by atoms with Crippen LogP contribution in [0, 0.1) is 5.82 Å². The third-order valence-corrected chi connectivity index (χ3v) is 3.26. The van der Waals surface area contributed by atoms with E-state index in [1.54, 1.807) is 23.0 Å². The van der Waals surface area contributed by atoms with Gasteiger partial charge in [0.2, 0.25) is 0 Å². The number of nitrogens with two attached hydrogens (primary N) is 1. The molecule has 0 radical (unpaired) electrons. The number of aromatic nitrogens is 2. The maximum Gasteiger partial charge on any atom is 0.148 e. The molecular formula is C16H23FN4. The Hall–Kier alpha value is -1.88. The molecule has 21 heavy (non-hydrogen) atoms. The number of hydrogen-bond acceptors (Lipinski definition) is 3. The summed E-state index contributed by atoms with van der Waals surface area (Å²) < 4.78 is 15.7. The van der Waals surface area contributed by atoms with Crippen LogP contribution >= 0.6 is 0 Å². The Morgan fingerprint density at radius 2 is 2.00 bits per heavy atom. The minimum atomic E-state index is -0.278. The Bertz CT molecular complexity index is 599. The second kappa shape index (κ2) is 6.26. The van der Waals surface area contributed by atoms with Gasteiger partial charge >= 0.3 is 0 Å². The molecule has 0 saturated carbocycles. The van der Waals surface area contributed by atoms with Crippen LogP contribution in [0.3, 0.4) is 0 Å². The first kappa shape index (κ1) is 15.5. The number of benzene rings is 1. The van der Waals surface area contributed by atoms with Gasteiger partial charge in [-0.1, -0.05) is 32.9 Å². The van der Waals surface area contributed by atoms with Gasteiger partial charge in [0.25, 0.3) is 0 Å². The summed E-state index contributed by atoms with van der Waals surface area (Å²) in [5.74, 6) is -0.278. The Morgan fingerprint density at radius 1 is 1.29 bits per heavy atom. The predicted octanol–water partition coefficient (Wildman–Crippen LogP) is 3.07. The van der Waals surface area contributed by atoms with Crippen molar-refractivity contribution < 1.29 is 4.39 Å². The number of halogens is 1. The van der Waals surface area contributed by atoms with Crippen LogP contribution in [0.25, 0.3) is 5.69 Å². The van der Waals surface area contributed by atoms with Gasteiger partial charge in [0, 0.05) is 12.0 Å². The number of anilines is 1. The molecule has 0 saturated heterocycles. The first-order valence-electron chi connectivity index (χ1n) is 7.22. The fraction of sp³-hybridized carbons (Fsp3) is 0.438. The average Bonchev–Trinajstić information content (AvgIpc) is 2.83. The van der Waals surface area contributed by atoms with E-state index in [2.05, 4.69) is 31.2 Å². The summed E-state index contributed by atoms with van der Waals surface area (Å²) in [4.78, 5) is 0. The highest BCUT2D eigenvalue weighted by Gasteiger charge is 2.25. The van der Waals surface area contributed by atoms with E-state index in [9.17, 15) is 4.39 Å². The lowest BCUT2D eigenvalue weighted by molar-refractivity contribution is 0.534. The van der Waals surface area contributed by atoms with E-state index in [4.69, 9.17) is 5.73 Å². The third kappa shape index (κ3) is 3.42. The molecule has 1 aromatic heterocycles. The monoisotopic (exact) mass is 290 g/mol. The molecule has 4 nitrogen and oxygen atoms in total. The maximum absolute atomic E-state index is 14.1. The van der Waals surface area contributed by atoms with Gasteiger partial charge in [0.15, 0.2) is 0 Å². The highest BCUT2D eigenvalue weighted by atomic mass is 19.1. The van der Waals surface area contributed by atoms with Crippen molar-refractivity contribution in [2.24, 2.45) is 5.73 Å². The molecule has 5 heteroatoms. The number of para-hydroxylation sites is 1. The standard InChI is InChI=1S/C16H23FN4/c1-16(2,3)15-13(19-10-6-9-18)11-20-21(15)14-8-5-4-7-12(14)17/h4-5,7-8,11,19H,6,9-10,18H2,1-3H3. The highest BCUT2D eigenvalue weighted by molar-refractivity contribution is 5.53. The lowest BCUT2D eigenvalue weighted by Gasteiger charge is -2.23. The van der Waals surface area contributed by atoms with Crippen LogP contribution in [0.2, 0.25) is 0 Å². The predicted molar refractivity (Wildman–Crippen MR) is 84.4 cm³/mol. The molecule has 114 valence electrons. The third-order valence-electron chi connectivity index (χ3n) is 3.26. The van der Waals surface area contributed by atoms with Crippen molar-refractivity contribution in [3.05, 3.63) is 42.0 Å². The zero-order chi connectivity index (χ0) is 15.5. The van der Waals surface area contributed by atoms with Crippen LogP contribution in [0.5, 0.6) is 0 Å². The maximum atomic E-state index is 14.1. The number of hydrogen-bond donors (Lipinski definition) is 2. The van der Waals surface area contributed by atoms with E-state index in [0.29, 0.717) is 12.2 Å². The molecule has 3 N–H and O–H groups in total. The molecule has 0 aliphatic heterocycles. The van der Waals surface area contributed by atoms with Crippen LogP contribution in [0.4, 0.5) is 10.1 Å². The van der Waals surface area contributed by atoms with Gasteiger partial charge in [-0.25, -0.2) is 9.07 Å². The van der Waals surface area contributed by atoms with Crippen LogP contribution in [-0.4, -0.2) is 22.9 Å². The molecule has 1 heterocycles. The van der Waals surface area contributed by atoms with Crippen molar-refractivity contribution in [1.29, 1.82) is 0 Å². The number of nitrogens with zero attached hydrogens (tertiary/aromatic N) is 2. The Balaban J connectivity index is 2.45. The molecule has 0 unspecified atom stereocenters. The van der Waals surface area contributed by atoms with Crippen LogP contribution in [0.15, 0.2) is 30.5 Å². The normalized spacial score (nSPS) is 11.7. The van der Waals surface area contributed by atoms with Crippen molar-refractivity contribution in [2.75, 3.05) is 18.4 Å². The largest absolute Gasteiger partial charge is 0.382 e. The van der Waals surface area contributed by atoms with Gasteiger partial charge < -0.3 is 11.1 Å². The summed E-state index contributed by atoms with van der Waals surface area (Å²) in [6.45, 7) is 7.70. The van der Waals surface area contributed by atoms with Crippen LogP contribution in [-0.2, 0) is 5.41 Å². The van der Waals surface area contributed by atoms with Crippen molar-refractivity contribution >= 4 is 5.69 Å². The zero-order valence-electron chi connectivity index (χ0n) is 12.9. The number of rotatable bonds is 5. The molecule has 0 bridgehead atoms. The van der Waals surface area contributed by atoms with Gasteiger partial charge in [-0.2, -0.15) is 5.10 Å². The van der Waals surface area contributed by atoms with Gasteiger partial charge in [-0.05, 0) is 25.1 Å². The summed E-state index contributed by atoms with van der Waals surface area (Å²) in [5, 5.41) is 7.72. The Morgan fingerprint density at radius 3 is 2.62 bits per heavy atom. The summed E-state index contributed by atoms with van der Waals surface area (Å²) in [6, 6.07) is 6.68. The van der Waals surface area contributed by atoms with E-state index < -0.39 is 0 Å². The summed E-state index contributed by atoms with van der Waals surface area (Å²) in [7, 11) is 0.